The zero-order chi connectivity index (χ0) is 17.9. The van der Waals surface area contributed by atoms with Crippen molar-refractivity contribution in [3.63, 3.8) is 0 Å². The lowest BCUT2D eigenvalue weighted by Gasteiger charge is -2.28. The molecule has 2 N–H and O–H groups in total. The number of amides is 1. The lowest BCUT2D eigenvalue weighted by Crippen LogP contribution is -2.39. The quantitative estimate of drug-likeness (QED) is 0.803. The van der Waals surface area contributed by atoms with Gasteiger partial charge in [0.15, 0.2) is 0 Å². The molecule has 2 atom stereocenters. The summed E-state index contributed by atoms with van der Waals surface area (Å²) in [6.07, 6.45) is -0.692. The van der Waals surface area contributed by atoms with E-state index in [1.807, 2.05) is 6.92 Å². The number of nitrogens with one attached hydrogen (secondary N) is 2. The van der Waals surface area contributed by atoms with Crippen molar-refractivity contribution in [1.82, 2.24) is 5.48 Å². The van der Waals surface area contributed by atoms with Crippen LogP contribution in [0.25, 0.3) is 0 Å². The Morgan fingerprint density at radius 2 is 2.17 bits per heavy atom. The van der Waals surface area contributed by atoms with E-state index in [9.17, 15) is 14.0 Å². The standard InChI is InChI=1S/C15H18ClFN2O5/c1-8-6-15(19-24-8,7-13(20)22-2)9-4-12(18-14(21)23-3)11(17)5-10(9)16/h4-5,8,19H,6-7H2,1-3H3,(H,18,21). The normalized spacial score (nSPS) is 23.0. The molecule has 24 heavy (non-hydrogen) atoms. The topological polar surface area (TPSA) is 85.9 Å². The predicted octanol–water partition coefficient (Wildman–Crippen LogP) is 2.73. The number of hydrogen-bond acceptors (Lipinski definition) is 6. The maximum atomic E-state index is 14.0. The van der Waals surface area contributed by atoms with Crippen LogP contribution in [0.4, 0.5) is 14.9 Å². The maximum absolute atomic E-state index is 14.0. The van der Waals surface area contributed by atoms with Crippen LogP contribution in [-0.4, -0.2) is 32.4 Å². The summed E-state index contributed by atoms with van der Waals surface area (Å²) in [5, 5.41) is 2.36. The number of rotatable bonds is 4. The van der Waals surface area contributed by atoms with Gasteiger partial charge < -0.3 is 9.47 Å². The first-order valence-electron chi connectivity index (χ1n) is 7.15. The molecule has 1 aromatic carbocycles. The van der Waals surface area contributed by atoms with E-state index in [1.54, 1.807) is 0 Å². The molecule has 0 bridgehead atoms. The molecular weight excluding hydrogens is 343 g/mol. The van der Waals surface area contributed by atoms with Crippen molar-refractivity contribution in [2.24, 2.45) is 0 Å². The van der Waals surface area contributed by atoms with Crippen molar-refractivity contribution in [1.29, 1.82) is 0 Å². The van der Waals surface area contributed by atoms with Crippen LogP contribution >= 0.6 is 11.6 Å². The van der Waals surface area contributed by atoms with Crippen molar-refractivity contribution in [2.45, 2.75) is 31.4 Å². The minimum Gasteiger partial charge on any atom is -0.469 e. The zero-order valence-corrected chi connectivity index (χ0v) is 14.2. The number of hydrogen-bond donors (Lipinski definition) is 2. The molecule has 1 amide bonds. The van der Waals surface area contributed by atoms with Crippen molar-refractivity contribution in [3.05, 3.63) is 28.5 Å². The Morgan fingerprint density at radius 3 is 2.71 bits per heavy atom. The number of ether oxygens (including phenoxy) is 2. The fourth-order valence-electron chi connectivity index (χ4n) is 2.65. The molecule has 1 saturated heterocycles. The SMILES string of the molecule is COC(=O)CC1(c2cc(NC(=O)OC)c(F)cc2Cl)CC(C)ON1. The van der Waals surface area contributed by atoms with Crippen LogP contribution in [0.2, 0.25) is 5.02 Å². The molecule has 0 aliphatic carbocycles. The van der Waals surface area contributed by atoms with Crippen molar-refractivity contribution in [2.75, 3.05) is 19.5 Å². The molecular formula is C15H18ClFN2O5. The fraction of sp³-hybridized carbons (Fsp3) is 0.467. The Balaban J connectivity index is 2.47. The highest BCUT2D eigenvalue weighted by Crippen LogP contribution is 2.41. The van der Waals surface area contributed by atoms with Gasteiger partial charge in [-0.25, -0.2) is 9.18 Å². The first-order chi connectivity index (χ1) is 11.3. The molecule has 132 valence electrons. The molecule has 0 spiro atoms. The highest BCUT2D eigenvalue weighted by Gasteiger charge is 2.44. The highest BCUT2D eigenvalue weighted by molar-refractivity contribution is 6.31. The number of methoxy groups -OCH3 is 2. The van der Waals surface area contributed by atoms with Gasteiger partial charge in [0.1, 0.15) is 5.82 Å². The molecule has 0 radical (unpaired) electrons. The Hall–Kier alpha value is -1.90. The molecule has 0 aromatic heterocycles. The van der Waals surface area contributed by atoms with Gasteiger partial charge in [-0.2, -0.15) is 5.48 Å². The first kappa shape index (κ1) is 18.4. The largest absolute Gasteiger partial charge is 0.469 e. The highest BCUT2D eigenvalue weighted by atomic mass is 35.5. The Labute approximate surface area is 143 Å². The Bertz CT molecular complexity index is 657. The number of anilines is 1. The Kier molecular flexibility index (Phi) is 5.63. The predicted molar refractivity (Wildman–Crippen MR) is 84.0 cm³/mol. The van der Waals surface area contributed by atoms with Crippen LogP contribution in [-0.2, 0) is 24.6 Å². The van der Waals surface area contributed by atoms with Crippen molar-refractivity contribution >= 4 is 29.4 Å². The van der Waals surface area contributed by atoms with Gasteiger partial charge in [-0.3, -0.25) is 14.9 Å². The fourth-order valence-corrected chi connectivity index (χ4v) is 2.98. The van der Waals surface area contributed by atoms with Gasteiger partial charge in [0.25, 0.3) is 0 Å². The van der Waals surface area contributed by atoms with Gasteiger partial charge in [0.2, 0.25) is 0 Å². The van der Waals surface area contributed by atoms with E-state index in [1.165, 1.54) is 13.2 Å². The number of carbonyl (C=O) groups is 2. The summed E-state index contributed by atoms with van der Waals surface area (Å²) < 4.78 is 23.2. The van der Waals surface area contributed by atoms with Crippen LogP contribution in [0.3, 0.4) is 0 Å². The molecule has 9 heteroatoms. The third-order valence-electron chi connectivity index (χ3n) is 3.76. The Morgan fingerprint density at radius 1 is 1.46 bits per heavy atom. The van der Waals surface area contributed by atoms with Gasteiger partial charge in [-0.05, 0) is 24.6 Å². The summed E-state index contributed by atoms with van der Waals surface area (Å²) >= 11 is 6.18. The molecule has 1 aliphatic rings. The third kappa shape index (κ3) is 3.77. The third-order valence-corrected chi connectivity index (χ3v) is 4.07. The summed E-state index contributed by atoms with van der Waals surface area (Å²) in [6, 6.07) is 2.41. The lowest BCUT2D eigenvalue weighted by atomic mass is 9.83. The summed E-state index contributed by atoms with van der Waals surface area (Å²) in [6.45, 7) is 1.82. The number of esters is 1. The van der Waals surface area contributed by atoms with Crippen LogP contribution in [0.15, 0.2) is 12.1 Å². The van der Waals surface area contributed by atoms with Gasteiger partial charge in [-0.1, -0.05) is 11.6 Å². The van der Waals surface area contributed by atoms with Gasteiger partial charge in [0.05, 0.1) is 38.0 Å². The molecule has 0 saturated carbocycles. The molecule has 2 unspecified atom stereocenters. The van der Waals surface area contributed by atoms with E-state index in [-0.39, 0.29) is 23.2 Å². The summed E-state index contributed by atoms with van der Waals surface area (Å²) in [5.74, 6) is -1.21. The van der Waals surface area contributed by atoms with Crippen LogP contribution in [0, 0.1) is 5.82 Å². The van der Waals surface area contributed by atoms with Crippen LogP contribution in [0.5, 0.6) is 0 Å². The molecule has 7 nitrogen and oxygen atoms in total. The maximum Gasteiger partial charge on any atom is 0.411 e. The van der Waals surface area contributed by atoms with E-state index in [0.717, 1.165) is 13.2 Å². The second kappa shape index (κ2) is 7.33. The van der Waals surface area contributed by atoms with Crippen LogP contribution < -0.4 is 10.8 Å². The average molecular weight is 361 g/mol. The monoisotopic (exact) mass is 360 g/mol. The molecule has 1 fully saturated rings. The summed E-state index contributed by atoms with van der Waals surface area (Å²) in [7, 11) is 2.43. The number of halogens is 2. The molecule has 2 rings (SSSR count). The summed E-state index contributed by atoms with van der Waals surface area (Å²) in [5.41, 5.74) is 2.10. The molecule has 1 aromatic rings. The van der Waals surface area contributed by atoms with E-state index >= 15 is 0 Å². The van der Waals surface area contributed by atoms with Crippen molar-refractivity contribution < 1.29 is 28.3 Å². The van der Waals surface area contributed by atoms with Gasteiger partial charge in [0, 0.05) is 11.4 Å². The number of benzene rings is 1. The smallest absolute Gasteiger partial charge is 0.411 e. The van der Waals surface area contributed by atoms with E-state index in [2.05, 4.69) is 15.5 Å². The number of carbonyl (C=O) groups excluding carboxylic acids is 2. The number of hydroxylamine groups is 1. The van der Waals surface area contributed by atoms with E-state index in [0.29, 0.717) is 12.0 Å². The molecule has 1 heterocycles. The van der Waals surface area contributed by atoms with Crippen molar-refractivity contribution in [3.8, 4) is 0 Å². The van der Waals surface area contributed by atoms with E-state index in [4.69, 9.17) is 21.2 Å². The minimum absolute atomic E-state index is 0.0726. The summed E-state index contributed by atoms with van der Waals surface area (Å²) in [4.78, 5) is 28.5. The second-order valence-corrected chi connectivity index (χ2v) is 5.91. The first-order valence-corrected chi connectivity index (χ1v) is 7.53. The molecule has 1 aliphatic heterocycles. The minimum atomic E-state index is -0.996. The average Bonchev–Trinajstić information content (AvgIpc) is 2.91. The second-order valence-electron chi connectivity index (χ2n) is 5.50. The van der Waals surface area contributed by atoms with Gasteiger partial charge in [-0.15, -0.1) is 0 Å². The zero-order valence-electron chi connectivity index (χ0n) is 13.4. The lowest BCUT2D eigenvalue weighted by molar-refractivity contribution is -0.143. The van der Waals surface area contributed by atoms with E-state index < -0.39 is 23.4 Å². The van der Waals surface area contributed by atoms with Crippen LogP contribution in [0.1, 0.15) is 25.3 Å². The van der Waals surface area contributed by atoms with Gasteiger partial charge >= 0.3 is 12.1 Å².